The summed E-state index contributed by atoms with van der Waals surface area (Å²) in [5.74, 6) is -1.20. The Kier molecular flexibility index (Phi) is 3.35. The number of anilines is 1. The number of pyridine rings is 1. The van der Waals surface area contributed by atoms with Crippen molar-refractivity contribution >= 4 is 23.2 Å². The number of hydrogen-bond acceptors (Lipinski definition) is 2. The van der Waals surface area contributed by atoms with Crippen LogP contribution in [0.4, 0.5) is 10.1 Å². The average Bonchev–Trinajstić information content (AvgIpc) is 2.32. The molecule has 1 N–H and O–H groups in total. The number of nitrogens with zero attached hydrogens (tertiary/aromatic N) is 1. The predicted molar refractivity (Wildman–Crippen MR) is 63.6 cm³/mol. The largest absolute Gasteiger partial charge is 0.319 e. The van der Waals surface area contributed by atoms with Crippen molar-refractivity contribution in [3.8, 4) is 0 Å². The van der Waals surface area contributed by atoms with Crippen LogP contribution in [0.1, 0.15) is 10.5 Å². The normalized spacial score (nSPS) is 10.0. The molecule has 5 heteroatoms. The quantitative estimate of drug-likeness (QED) is 0.832. The van der Waals surface area contributed by atoms with Gasteiger partial charge in [-0.2, -0.15) is 4.39 Å². The van der Waals surface area contributed by atoms with E-state index in [0.29, 0.717) is 10.7 Å². The van der Waals surface area contributed by atoms with Gasteiger partial charge in [0.1, 0.15) is 5.69 Å². The van der Waals surface area contributed by atoms with Gasteiger partial charge in [-0.1, -0.05) is 29.8 Å². The van der Waals surface area contributed by atoms with Crippen LogP contribution in [0.3, 0.4) is 0 Å². The molecule has 0 aliphatic heterocycles. The fraction of sp³-hybridized carbons (Fsp3) is 0. The first-order valence-corrected chi connectivity index (χ1v) is 5.23. The Morgan fingerprint density at radius 2 is 1.94 bits per heavy atom. The second-order valence-corrected chi connectivity index (χ2v) is 3.69. The van der Waals surface area contributed by atoms with Crippen molar-refractivity contribution in [2.75, 3.05) is 5.32 Å². The third kappa shape index (κ3) is 2.79. The molecule has 2 aromatic rings. The molecule has 0 saturated carbocycles. The molecule has 1 aromatic heterocycles. The molecule has 0 aliphatic carbocycles. The topological polar surface area (TPSA) is 42.0 Å². The lowest BCUT2D eigenvalue weighted by atomic mass is 10.3. The summed E-state index contributed by atoms with van der Waals surface area (Å²) in [6.07, 6.45) is 0. The zero-order chi connectivity index (χ0) is 12.3. The van der Waals surface area contributed by atoms with Crippen LogP contribution >= 0.6 is 11.6 Å². The monoisotopic (exact) mass is 250 g/mol. The second-order valence-electron chi connectivity index (χ2n) is 3.28. The first-order chi connectivity index (χ1) is 8.16. The van der Waals surface area contributed by atoms with E-state index in [9.17, 15) is 9.18 Å². The van der Waals surface area contributed by atoms with Crippen LogP contribution in [-0.4, -0.2) is 10.9 Å². The molecule has 17 heavy (non-hydrogen) atoms. The Morgan fingerprint density at radius 3 is 2.65 bits per heavy atom. The molecule has 0 saturated heterocycles. The fourth-order valence-corrected chi connectivity index (χ4v) is 1.47. The van der Waals surface area contributed by atoms with Gasteiger partial charge in [0.2, 0.25) is 5.95 Å². The van der Waals surface area contributed by atoms with Gasteiger partial charge in [0.05, 0.1) is 10.7 Å². The summed E-state index contributed by atoms with van der Waals surface area (Å²) in [7, 11) is 0. The maximum Gasteiger partial charge on any atom is 0.274 e. The van der Waals surface area contributed by atoms with Crippen molar-refractivity contribution in [2.45, 2.75) is 0 Å². The van der Waals surface area contributed by atoms with Crippen LogP contribution in [0.15, 0.2) is 42.5 Å². The molecule has 0 fully saturated rings. The number of aromatic nitrogens is 1. The van der Waals surface area contributed by atoms with E-state index in [4.69, 9.17) is 11.6 Å². The van der Waals surface area contributed by atoms with Crippen LogP contribution in [0.5, 0.6) is 0 Å². The van der Waals surface area contributed by atoms with E-state index in [1.807, 2.05) is 0 Å². The number of hydrogen-bond donors (Lipinski definition) is 1. The number of amides is 1. The molecule has 1 heterocycles. The van der Waals surface area contributed by atoms with Crippen molar-refractivity contribution in [1.82, 2.24) is 4.98 Å². The van der Waals surface area contributed by atoms with Gasteiger partial charge in [-0.15, -0.1) is 0 Å². The molecule has 3 nitrogen and oxygen atoms in total. The van der Waals surface area contributed by atoms with Gasteiger partial charge in [-0.25, -0.2) is 4.98 Å². The van der Waals surface area contributed by atoms with Crippen molar-refractivity contribution in [3.05, 3.63) is 59.1 Å². The number of nitrogens with one attached hydrogen (secondary N) is 1. The predicted octanol–water partition coefficient (Wildman–Crippen LogP) is 3.13. The SMILES string of the molecule is O=C(Nc1ccccc1Cl)c1cccc(F)n1. The van der Waals surface area contributed by atoms with Crippen LogP contribution in [0.25, 0.3) is 0 Å². The highest BCUT2D eigenvalue weighted by atomic mass is 35.5. The van der Waals surface area contributed by atoms with E-state index < -0.39 is 11.9 Å². The Labute approximate surface area is 102 Å². The maximum atomic E-state index is 12.8. The summed E-state index contributed by atoms with van der Waals surface area (Å²) in [5.41, 5.74) is 0.468. The minimum Gasteiger partial charge on any atom is -0.319 e. The molecular formula is C12H8ClFN2O. The zero-order valence-electron chi connectivity index (χ0n) is 8.65. The van der Waals surface area contributed by atoms with E-state index >= 15 is 0 Å². The third-order valence-corrected chi connectivity index (χ3v) is 2.40. The minimum atomic E-state index is -0.697. The van der Waals surface area contributed by atoms with Gasteiger partial charge in [-0.05, 0) is 24.3 Å². The first-order valence-electron chi connectivity index (χ1n) is 4.85. The molecule has 0 radical (unpaired) electrons. The van der Waals surface area contributed by atoms with Gasteiger partial charge in [0.25, 0.3) is 5.91 Å². The molecular weight excluding hydrogens is 243 g/mol. The van der Waals surface area contributed by atoms with Gasteiger partial charge in [0, 0.05) is 0 Å². The maximum absolute atomic E-state index is 12.8. The summed E-state index contributed by atoms with van der Waals surface area (Å²) < 4.78 is 12.8. The van der Waals surface area contributed by atoms with E-state index in [0.717, 1.165) is 0 Å². The molecule has 0 spiro atoms. The van der Waals surface area contributed by atoms with Gasteiger partial charge >= 0.3 is 0 Å². The minimum absolute atomic E-state index is 0.00456. The Morgan fingerprint density at radius 1 is 1.18 bits per heavy atom. The second kappa shape index (κ2) is 4.93. The highest BCUT2D eigenvalue weighted by molar-refractivity contribution is 6.33. The number of para-hydroxylation sites is 1. The highest BCUT2D eigenvalue weighted by Gasteiger charge is 2.09. The van der Waals surface area contributed by atoms with E-state index in [2.05, 4.69) is 10.3 Å². The lowest BCUT2D eigenvalue weighted by Gasteiger charge is -2.06. The molecule has 86 valence electrons. The number of halogens is 2. The van der Waals surface area contributed by atoms with Crippen LogP contribution in [0.2, 0.25) is 5.02 Å². The molecule has 0 unspecified atom stereocenters. The summed E-state index contributed by atoms with van der Waals surface area (Å²) in [4.78, 5) is 15.2. The van der Waals surface area contributed by atoms with Gasteiger partial charge in [0.15, 0.2) is 0 Å². The van der Waals surface area contributed by atoms with E-state index in [-0.39, 0.29) is 5.69 Å². The molecule has 1 amide bonds. The van der Waals surface area contributed by atoms with Crippen molar-refractivity contribution in [1.29, 1.82) is 0 Å². The Balaban J connectivity index is 2.20. The number of benzene rings is 1. The van der Waals surface area contributed by atoms with E-state index in [1.54, 1.807) is 24.3 Å². The zero-order valence-corrected chi connectivity index (χ0v) is 9.41. The van der Waals surface area contributed by atoms with Crippen molar-refractivity contribution in [3.63, 3.8) is 0 Å². The summed E-state index contributed by atoms with van der Waals surface area (Å²) in [6, 6.07) is 10.8. The average molecular weight is 251 g/mol. The smallest absolute Gasteiger partial charge is 0.274 e. The summed E-state index contributed by atoms with van der Waals surface area (Å²) in [5, 5.41) is 2.97. The lowest BCUT2D eigenvalue weighted by Crippen LogP contribution is -2.14. The number of carbonyl (C=O) groups excluding carboxylic acids is 1. The molecule has 0 atom stereocenters. The molecule has 0 bridgehead atoms. The fourth-order valence-electron chi connectivity index (χ4n) is 1.28. The molecule has 1 aromatic carbocycles. The van der Waals surface area contributed by atoms with Gasteiger partial charge in [-0.3, -0.25) is 4.79 Å². The number of carbonyl (C=O) groups is 1. The first kappa shape index (κ1) is 11.5. The van der Waals surface area contributed by atoms with Crippen molar-refractivity contribution in [2.24, 2.45) is 0 Å². The van der Waals surface area contributed by atoms with E-state index in [1.165, 1.54) is 18.2 Å². The van der Waals surface area contributed by atoms with Crippen molar-refractivity contribution < 1.29 is 9.18 Å². The third-order valence-electron chi connectivity index (χ3n) is 2.07. The Hall–Kier alpha value is -1.94. The summed E-state index contributed by atoms with van der Waals surface area (Å²) >= 11 is 5.88. The summed E-state index contributed by atoms with van der Waals surface area (Å²) in [6.45, 7) is 0. The lowest BCUT2D eigenvalue weighted by molar-refractivity contribution is 0.102. The van der Waals surface area contributed by atoms with Crippen LogP contribution in [-0.2, 0) is 0 Å². The van der Waals surface area contributed by atoms with Gasteiger partial charge < -0.3 is 5.32 Å². The molecule has 2 rings (SSSR count). The standard InChI is InChI=1S/C12H8ClFN2O/c13-8-4-1-2-5-9(8)16-12(17)10-6-3-7-11(14)15-10/h1-7H,(H,16,17). The van der Waals surface area contributed by atoms with Crippen LogP contribution < -0.4 is 5.32 Å². The highest BCUT2D eigenvalue weighted by Crippen LogP contribution is 2.20. The number of rotatable bonds is 2. The molecule has 0 aliphatic rings. The van der Waals surface area contributed by atoms with Crippen LogP contribution in [0, 0.1) is 5.95 Å². The Bertz CT molecular complexity index is 560.